The number of nitrogen functional groups attached to an aromatic ring is 1. The van der Waals surface area contributed by atoms with E-state index in [1.807, 2.05) is 6.92 Å². The van der Waals surface area contributed by atoms with E-state index in [-0.39, 0.29) is 12.6 Å². The molecule has 0 saturated heterocycles. The Labute approximate surface area is 101 Å². The molecular formula is C13H19NO3. The van der Waals surface area contributed by atoms with Crippen LogP contribution in [-0.2, 0) is 4.74 Å². The predicted molar refractivity (Wildman–Crippen MR) is 66.8 cm³/mol. The summed E-state index contributed by atoms with van der Waals surface area (Å²) in [5.74, 6) is -0.347. The van der Waals surface area contributed by atoms with Crippen molar-refractivity contribution < 1.29 is 14.6 Å². The van der Waals surface area contributed by atoms with Gasteiger partial charge in [-0.3, -0.25) is 0 Å². The summed E-state index contributed by atoms with van der Waals surface area (Å²) in [6, 6.07) is 5.14. The zero-order chi connectivity index (χ0) is 12.7. The first-order valence-corrected chi connectivity index (χ1v) is 5.79. The van der Waals surface area contributed by atoms with E-state index in [1.165, 1.54) is 0 Å². The third kappa shape index (κ3) is 4.44. The van der Waals surface area contributed by atoms with Crippen molar-refractivity contribution in [3.8, 4) is 0 Å². The Balaban J connectivity index is 2.39. The number of hydrogen-bond donors (Lipinski definition) is 2. The van der Waals surface area contributed by atoms with Gasteiger partial charge in [0.05, 0.1) is 12.2 Å². The molecule has 0 atom stereocenters. The van der Waals surface area contributed by atoms with Crippen molar-refractivity contribution in [1.29, 1.82) is 0 Å². The fourth-order valence-electron chi connectivity index (χ4n) is 1.41. The third-order valence-electron chi connectivity index (χ3n) is 2.55. The number of nitrogens with two attached hydrogens (primary N) is 1. The Bertz CT molecular complexity index is 377. The van der Waals surface area contributed by atoms with Crippen molar-refractivity contribution in [3.63, 3.8) is 0 Å². The molecule has 4 heteroatoms. The smallest absolute Gasteiger partial charge is 0.338 e. The van der Waals surface area contributed by atoms with Gasteiger partial charge in [0.2, 0.25) is 0 Å². The number of aliphatic hydroxyl groups excluding tert-OH is 1. The first-order chi connectivity index (χ1) is 8.15. The Hall–Kier alpha value is -1.55. The monoisotopic (exact) mass is 237 g/mol. The molecule has 0 aliphatic heterocycles. The van der Waals surface area contributed by atoms with Crippen LogP contribution in [0.2, 0.25) is 0 Å². The summed E-state index contributed by atoms with van der Waals surface area (Å²) in [5.41, 5.74) is 7.74. The molecule has 3 N–H and O–H groups in total. The van der Waals surface area contributed by atoms with Crippen molar-refractivity contribution in [2.24, 2.45) is 0 Å². The van der Waals surface area contributed by atoms with E-state index in [2.05, 4.69) is 0 Å². The van der Waals surface area contributed by atoms with Gasteiger partial charge in [0.25, 0.3) is 0 Å². The van der Waals surface area contributed by atoms with Gasteiger partial charge in [-0.15, -0.1) is 0 Å². The lowest BCUT2D eigenvalue weighted by Gasteiger charge is -2.06. The summed E-state index contributed by atoms with van der Waals surface area (Å²) in [7, 11) is 0. The zero-order valence-electron chi connectivity index (χ0n) is 10.1. The second kappa shape index (κ2) is 6.91. The second-order valence-electron chi connectivity index (χ2n) is 3.99. The number of aliphatic hydroxyl groups is 1. The van der Waals surface area contributed by atoms with Gasteiger partial charge in [0.1, 0.15) is 0 Å². The number of hydrogen-bond acceptors (Lipinski definition) is 4. The SMILES string of the molecule is Cc1ccc(C(=O)OCCCCCO)cc1N. The van der Waals surface area contributed by atoms with Crippen molar-refractivity contribution in [1.82, 2.24) is 0 Å². The highest BCUT2D eigenvalue weighted by molar-refractivity contribution is 5.90. The molecule has 4 nitrogen and oxygen atoms in total. The normalized spacial score (nSPS) is 10.2. The van der Waals surface area contributed by atoms with Crippen LogP contribution in [-0.4, -0.2) is 24.3 Å². The van der Waals surface area contributed by atoms with Crippen LogP contribution in [0.15, 0.2) is 18.2 Å². The van der Waals surface area contributed by atoms with Crippen LogP contribution >= 0.6 is 0 Å². The maximum Gasteiger partial charge on any atom is 0.338 e. The minimum absolute atomic E-state index is 0.183. The standard InChI is InChI=1S/C13H19NO3/c1-10-5-6-11(9-12(10)14)13(16)17-8-4-2-3-7-15/h5-6,9,15H,2-4,7-8,14H2,1H3. The second-order valence-corrected chi connectivity index (χ2v) is 3.99. The zero-order valence-corrected chi connectivity index (χ0v) is 10.1. The molecule has 94 valence electrons. The highest BCUT2D eigenvalue weighted by Crippen LogP contribution is 2.13. The summed E-state index contributed by atoms with van der Waals surface area (Å²) >= 11 is 0. The van der Waals surface area contributed by atoms with Crippen molar-refractivity contribution in [2.45, 2.75) is 26.2 Å². The number of esters is 1. The minimum Gasteiger partial charge on any atom is -0.462 e. The fourth-order valence-corrected chi connectivity index (χ4v) is 1.41. The van der Waals surface area contributed by atoms with E-state index < -0.39 is 0 Å². The van der Waals surface area contributed by atoms with Crippen molar-refractivity contribution >= 4 is 11.7 Å². The van der Waals surface area contributed by atoms with Crippen LogP contribution in [0.5, 0.6) is 0 Å². The van der Waals surface area contributed by atoms with Gasteiger partial charge in [-0.1, -0.05) is 6.07 Å². The molecular weight excluding hydrogens is 218 g/mol. The number of aryl methyl sites for hydroxylation is 1. The van der Waals surface area contributed by atoms with Crippen LogP contribution < -0.4 is 5.73 Å². The summed E-state index contributed by atoms with van der Waals surface area (Å²) < 4.78 is 5.09. The topological polar surface area (TPSA) is 72.5 Å². The fraction of sp³-hybridized carbons (Fsp3) is 0.462. The third-order valence-corrected chi connectivity index (χ3v) is 2.55. The Morgan fingerprint density at radius 3 is 2.76 bits per heavy atom. The Kier molecular flexibility index (Phi) is 5.49. The van der Waals surface area contributed by atoms with Crippen molar-refractivity contribution in [2.75, 3.05) is 18.9 Å². The molecule has 1 aromatic rings. The van der Waals surface area contributed by atoms with Crippen LogP contribution in [0.1, 0.15) is 35.2 Å². The van der Waals surface area contributed by atoms with E-state index in [9.17, 15) is 4.79 Å². The maximum absolute atomic E-state index is 11.6. The molecule has 0 unspecified atom stereocenters. The van der Waals surface area contributed by atoms with Gasteiger partial charge in [-0.2, -0.15) is 0 Å². The number of unbranched alkanes of at least 4 members (excludes halogenated alkanes) is 2. The molecule has 1 rings (SSSR count). The Morgan fingerprint density at radius 2 is 2.12 bits per heavy atom. The molecule has 17 heavy (non-hydrogen) atoms. The highest BCUT2D eigenvalue weighted by atomic mass is 16.5. The van der Waals surface area contributed by atoms with Crippen LogP contribution in [0, 0.1) is 6.92 Å². The maximum atomic E-state index is 11.6. The molecule has 0 radical (unpaired) electrons. The lowest BCUT2D eigenvalue weighted by atomic mass is 10.1. The molecule has 0 saturated carbocycles. The predicted octanol–water partition coefficient (Wildman–Crippen LogP) is 1.90. The summed E-state index contributed by atoms with van der Waals surface area (Å²) in [5, 5.41) is 8.59. The molecule has 0 aromatic heterocycles. The molecule has 0 aliphatic carbocycles. The first kappa shape index (κ1) is 13.5. The number of benzene rings is 1. The number of carbonyl (C=O) groups excluding carboxylic acids is 1. The van der Waals surface area contributed by atoms with E-state index in [4.69, 9.17) is 15.6 Å². The van der Waals surface area contributed by atoms with Gasteiger partial charge >= 0.3 is 5.97 Å². The average Bonchev–Trinajstić information content (AvgIpc) is 2.32. The number of anilines is 1. The molecule has 0 heterocycles. The molecule has 1 aromatic carbocycles. The van der Waals surface area contributed by atoms with Crippen LogP contribution in [0.25, 0.3) is 0 Å². The number of carbonyl (C=O) groups is 1. The van der Waals surface area contributed by atoms with Crippen molar-refractivity contribution in [3.05, 3.63) is 29.3 Å². The lowest BCUT2D eigenvalue weighted by molar-refractivity contribution is 0.0497. The average molecular weight is 237 g/mol. The number of rotatable bonds is 6. The molecule has 0 amide bonds. The van der Waals surface area contributed by atoms with Crippen LogP contribution in [0.3, 0.4) is 0 Å². The quantitative estimate of drug-likeness (QED) is 0.450. The molecule has 0 spiro atoms. The number of ether oxygens (including phenoxy) is 1. The molecule has 0 aliphatic rings. The molecule has 0 bridgehead atoms. The highest BCUT2D eigenvalue weighted by Gasteiger charge is 2.07. The van der Waals surface area contributed by atoms with Gasteiger partial charge in [0, 0.05) is 12.3 Å². The minimum atomic E-state index is -0.347. The summed E-state index contributed by atoms with van der Waals surface area (Å²) in [4.78, 5) is 11.6. The van der Waals surface area contributed by atoms with E-state index in [0.29, 0.717) is 17.9 Å². The van der Waals surface area contributed by atoms with E-state index in [0.717, 1.165) is 24.8 Å². The molecule has 0 fully saturated rings. The van der Waals surface area contributed by atoms with Gasteiger partial charge in [-0.05, 0) is 43.9 Å². The first-order valence-electron chi connectivity index (χ1n) is 5.79. The summed E-state index contributed by atoms with van der Waals surface area (Å²) in [6.07, 6.45) is 2.38. The van der Waals surface area contributed by atoms with E-state index >= 15 is 0 Å². The van der Waals surface area contributed by atoms with E-state index in [1.54, 1.807) is 18.2 Å². The Morgan fingerprint density at radius 1 is 1.35 bits per heavy atom. The summed E-state index contributed by atoms with van der Waals surface area (Å²) in [6.45, 7) is 2.45. The lowest BCUT2D eigenvalue weighted by Crippen LogP contribution is -2.07. The largest absolute Gasteiger partial charge is 0.462 e. The van der Waals surface area contributed by atoms with Gasteiger partial charge in [-0.25, -0.2) is 4.79 Å². The van der Waals surface area contributed by atoms with Crippen LogP contribution in [0.4, 0.5) is 5.69 Å². The van der Waals surface area contributed by atoms with Gasteiger partial charge < -0.3 is 15.6 Å². The van der Waals surface area contributed by atoms with Gasteiger partial charge in [0.15, 0.2) is 0 Å².